The van der Waals surface area contributed by atoms with E-state index >= 15 is 0 Å². The zero-order valence-corrected chi connectivity index (χ0v) is 8.36. The normalized spacial score (nSPS) is 13.6. The molecule has 0 aromatic carbocycles. The van der Waals surface area contributed by atoms with Crippen molar-refractivity contribution >= 4 is 0 Å². The van der Waals surface area contributed by atoms with Crippen LogP contribution in [0.15, 0.2) is 0 Å². The first-order valence-electron chi connectivity index (χ1n) is 4.17. The minimum atomic E-state index is 0.0347. The lowest BCUT2D eigenvalue weighted by Crippen LogP contribution is -2.50. The molecule has 0 bridgehead atoms. The van der Waals surface area contributed by atoms with Crippen molar-refractivity contribution in [1.82, 2.24) is 5.32 Å². The Morgan fingerprint density at radius 1 is 1.09 bits per heavy atom. The Hall–Kier alpha value is -0.0800. The third kappa shape index (κ3) is 6.32. The van der Waals surface area contributed by atoms with Crippen molar-refractivity contribution in [2.45, 2.75) is 52.1 Å². The largest absolute Gasteiger partial charge is 0.396 e. The Bertz CT molecular complexity index is 113. The molecule has 2 N–H and O–H groups in total. The average molecular weight is 159 g/mol. The molecule has 0 aromatic heterocycles. The molecule has 2 heteroatoms. The van der Waals surface area contributed by atoms with Gasteiger partial charge in [0.05, 0.1) is 0 Å². The molecule has 0 saturated carbocycles. The molecule has 0 aliphatic carbocycles. The third-order valence-corrected chi connectivity index (χ3v) is 1.45. The van der Waals surface area contributed by atoms with Gasteiger partial charge >= 0.3 is 0 Å². The van der Waals surface area contributed by atoms with Crippen molar-refractivity contribution in [3.8, 4) is 0 Å². The number of rotatable bonds is 3. The second-order valence-electron chi connectivity index (χ2n) is 4.73. The predicted octanol–water partition coefficient (Wildman–Crippen LogP) is 1.54. The molecule has 11 heavy (non-hydrogen) atoms. The molecule has 0 aliphatic heterocycles. The summed E-state index contributed by atoms with van der Waals surface area (Å²) in [5, 5.41) is 12.2. The lowest BCUT2D eigenvalue weighted by molar-refractivity contribution is 0.202. The van der Waals surface area contributed by atoms with Crippen LogP contribution in [0.3, 0.4) is 0 Å². The van der Waals surface area contributed by atoms with Crippen LogP contribution < -0.4 is 5.32 Å². The highest BCUT2D eigenvalue weighted by molar-refractivity contribution is 4.84. The summed E-state index contributed by atoms with van der Waals surface area (Å²) in [6.07, 6.45) is 0.796. The Balaban J connectivity index is 3.91. The Morgan fingerprint density at radius 2 is 1.55 bits per heavy atom. The summed E-state index contributed by atoms with van der Waals surface area (Å²) in [4.78, 5) is 0. The third-order valence-electron chi connectivity index (χ3n) is 1.45. The molecule has 0 spiro atoms. The van der Waals surface area contributed by atoms with E-state index in [9.17, 15) is 0 Å². The van der Waals surface area contributed by atoms with Gasteiger partial charge in [-0.15, -0.1) is 0 Å². The van der Waals surface area contributed by atoms with Crippen LogP contribution in [-0.4, -0.2) is 22.8 Å². The molecule has 0 radical (unpaired) electrons. The highest BCUT2D eigenvalue weighted by Crippen LogP contribution is 2.13. The summed E-state index contributed by atoms with van der Waals surface area (Å²) in [5.41, 5.74) is 0.158. The van der Waals surface area contributed by atoms with E-state index in [4.69, 9.17) is 5.11 Å². The highest BCUT2D eigenvalue weighted by Gasteiger charge is 2.22. The van der Waals surface area contributed by atoms with Crippen LogP contribution >= 0.6 is 0 Å². The van der Waals surface area contributed by atoms with Crippen LogP contribution in [0.1, 0.15) is 41.0 Å². The number of aliphatic hydroxyl groups is 1. The van der Waals surface area contributed by atoms with E-state index in [0.29, 0.717) is 0 Å². The number of hydrogen-bond acceptors (Lipinski definition) is 2. The molecule has 68 valence electrons. The first-order chi connectivity index (χ1) is 4.77. The lowest BCUT2D eigenvalue weighted by Gasteiger charge is -2.34. The molecule has 2 nitrogen and oxygen atoms in total. The Labute approximate surface area is 70.0 Å². The fraction of sp³-hybridized carbons (Fsp3) is 1.00. The number of aliphatic hydroxyl groups excluding tert-OH is 1. The van der Waals surface area contributed by atoms with Crippen molar-refractivity contribution in [3.05, 3.63) is 0 Å². The minimum Gasteiger partial charge on any atom is -0.396 e. The number of nitrogens with one attached hydrogen (secondary N) is 1. The van der Waals surface area contributed by atoms with Gasteiger partial charge in [-0.05, 0) is 41.0 Å². The van der Waals surface area contributed by atoms with Gasteiger partial charge in [0.25, 0.3) is 0 Å². The fourth-order valence-electron chi connectivity index (χ4n) is 1.36. The van der Waals surface area contributed by atoms with E-state index in [0.717, 1.165) is 6.42 Å². The second-order valence-corrected chi connectivity index (χ2v) is 4.73. The molecule has 0 aromatic rings. The van der Waals surface area contributed by atoms with Gasteiger partial charge in [0.15, 0.2) is 0 Å². The standard InChI is InChI=1S/C9H21NO/c1-8(2,3)10-9(4,5)6-7-11/h10-11H,6-7H2,1-5H3. The quantitative estimate of drug-likeness (QED) is 0.654. The minimum absolute atomic E-state index is 0.0347. The van der Waals surface area contributed by atoms with Crippen molar-refractivity contribution in [1.29, 1.82) is 0 Å². The predicted molar refractivity (Wildman–Crippen MR) is 48.7 cm³/mol. The highest BCUT2D eigenvalue weighted by atomic mass is 16.3. The van der Waals surface area contributed by atoms with Crippen molar-refractivity contribution in [2.75, 3.05) is 6.61 Å². The van der Waals surface area contributed by atoms with Crippen LogP contribution in [0.4, 0.5) is 0 Å². The molecular weight excluding hydrogens is 138 g/mol. The van der Waals surface area contributed by atoms with Gasteiger partial charge in [0.1, 0.15) is 0 Å². The van der Waals surface area contributed by atoms with Crippen LogP contribution in [0.5, 0.6) is 0 Å². The van der Waals surface area contributed by atoms with Crippen LogP contribution in [0.25, 0.3) is 0 Å². The molecular formula is C9H21NO. The van der Waals surface area contributed by atoms with Gasteiger partial charge < -0.3 is 10.4 Å². The first-order valence-corrected chi connectivity index (χ1v) is 4.17. The maximum atomic E-state index is 8.76. The van der Waals surface area contributed by atoms with E-state index in [1.807, 2.05) is 0 Å². The van der Waals surface area contributed by atoms with Gasteiger partial charge in [0, 0.05) is 17.7 Å². The smallest absolute Gasteiger partial charge is 0.0448 e. The fourth-order valence-corrected chi connectivity index (χ4v) is 1.36. The van der Waals surface area contributed by atoms with Crippen LogP contribution in [-0.2, 0) is 0 Å². The summed E-state index contributed by atoms with van der Waals surface area (Å²) < 4.78 is 0. The van der Waals surface area contributed by atoms with Gasteiger partial charge in [-0.3, -0.25) is 0 Å². The Morgan fingerprint density at radius 3 is 1.82 bits per heavy atom. The molecule has 0 amide bonds. The van der Waals surface area contributed by atoms with Gasteiger partial charge in [-0.25, -0.2) is 0 Å². The lowest BCUT2D eigenvalue weighted by atomic mass is 9.96. The zero-order valence-electron chi connectivity index (χ0n) is 8.36. The van der Waals surface area contributed by atoms with E-state index in [2.05, 4.69) is 39.9 Å². The summed E-state index contributed by atoms with van der Waals surface area (Å²) >= 11 is 0. The molecule has 0 rings (SSSR count). The van der Waals surface area contributed by atoms with Crippen LogP contribution in [0.2, 0.25) is 0 Å². The first kappa shape index (κ1) is 10.9. The van der Waals surface area contributed by atoms with Crippen molar-refractivity contribution in [3.63, 3.8) is 0 Å². The van der Waals surface area contributed by atoms with Gasteiger partial charge in [0.2, 0.25) is 0 Å². The van der Waals surface area contributed by atoms with Gasteiger partial charge in [-0.1, -0.05) is 0 Å². The molecule has 0 fully saturated rings. The topological polar surface area (TPSA) is 32.3 Å². The SMILES string of the molecule is CC(C)(C)NC(C)(C)CCO. The maximum Gasteiger partial charge on any atom is 0.0448 e. The average Bonchev–Trinajstić information content (AvgIpc) is 1.55. The summed E-state index contributed by atoms with van der Waals surface area (Å²) in [6, 6.07) is 0. The van der Waals surface area contributed by atoms with E-state index in [1.165, 1.54) is 0 Å². The molecule has 0 atom stereocenters. The van der Waals surface area contributed by atoms with Crippen molar-refractivity contribution in [2.24, 2.45) is 0 Å². The Kier molecular flexibility index (Phi) is 3.52. The molecule has 0 unspecified atom stereocenters. The monoisotopic (exact) mass is 159 g/mol. The molecule has 0 heterocycles. The van der Waals surface area contributed by atoms with Gasteiger partial charge in [-0.2, -0.15) is 0 Å². The molecule has 0 saturated heterocycles. The zero-order chi connectivity index (χ0) is 9.12. The summed E-state index contributed by atoms with van der Waals surface area (Å²) in [7, 11) is 0. The number of hydrogen-bond donors (Lipinski definition) is 2. The van der Waals surface area contributed by atoms with Crippen molar-refractivity contribution < 1.29 is 5.11 Å². The summed E-state index contributed by atoms with van der Waals surface area (Å²) in [5.74, 6) is 0. The van der Waals surface area contributed by atoms with E-state index < -0.39 is 0 Å². The van der Waals surface area contributed by atoms with E-state index in [-0.39, 0.29) is 17.7 Å². The second kappa shape index (κ2) is 3.55. The maximum absolute atomic E-state index is 8.76. The van der Waals surface area contributed by atoms with E-state index in [1.54, 1.807) is 0 Å². The van der Waals surface area contributed by atoms with Crippen LogP contribution in [0, 0.1) is 0 Å². The summed E-state index contributed by atoms with van der Waals surface area (Å²) in [6.45, 7) is 10.9. The molecule has 0 aliphatic rings.